The molecule has 0 aromatic heterocycles. The smallest absolute Gasteiger partial charge is 0.258 e. The molecule has 0 spiro atoms. The molecule has 2 saturated heterocycles. The minimum atomic E-state index is -2.24. The van der Waals surface area contributed by atoms with Crippen LogP contribution in [0.1, 0.15) is 19.3 Å². The number of hydrogen-bond acceptors (Lipinski definition) is 2. The maximum Gasteiger partial charge on any atom is 0.258 e. The van der Waals surface area contributed by atoms with Crippen molar-refractivity contribution < 1.29 is 8.78 Å². The van der Waals surface area contributed by atoms with Crippen molar-refractivity contribution in [1.82, 2.24) is 10.2 Å². The van der Waals surface area contributed by atoms with Crippen molar-refractivity contribution in [1.29, 1.82) is 0 Å². The maximum atomic E-state index is 12.9. The SMILES string of the molecule is CNC1(C(F)F)CCN2CCCC21. The molecule has 2 unspecified atom stereocenters. The molecule has 2 fully saturated rings. The molecule has 2 aliphatic rings. The number of alkyl halides is 2. The molecule has 2 heterocycles. The van der Waals surface area contributed by atoms with Crippen LogP contribution in [0.4, 0.5) is 8.78 Å². The highest BCUT2D eigenvalue weighted by Gasteiger charge is 2.53. The molecule has 0 aromatic rings. The van der Waals surface area contributed by atoms with Crippen LogP contribution in [0.25, 0.3) is 0 Å². The molecule has 0 amide bonds. The minimum absolute atomic E-state index is 0.0671. The van der Waals surface area contributed by atoms with E-state index in [0.29, 0.717) is 6.42 Å². The number of nitrogens with one attached hydrogen (secondary N) is 1. The van der Waals surface area contributed by atoms with Gasteiger partial charge in [-0.2, -0.15) is 0 Å². The fourth-order valence-corrected chi connectivity index (χ4v) is 2.83. The van der Waals surface area contributed by atoms with Crippen LogP contribution in [0.5, 0.6) is 0 Å². The molecule has 0 radical (unpaired) electrons. The van der Waals surface area contributed by atoms with Crippen molar-refractivity contribution >= 4 is 0 Å². The van der Waals surface area contributed by atoms with Gasteiger partial charge in [-0.1, -0.05) is 0 Å². The van der Waals surface area contributed by atoms with E-state index in [2.05, 4.69) is 10.2 Å². The molecule has 0 aliphatic carbocycles. The Labute approximate surface area is 77.3 Å². The van der Waals surface area contributed by atoms with Gasteiger partial charge in [0, 0.05) is 12.6 Å². The normalized spacial score (nSPS) is 40.2. The summed E-state index contributed by atoms with van der Waals surface area (Å²) in [6.07, 6.45) is 0.336. The van der Waals surface area contributed by atoms with E-state index in [4.69, 9.17) is 0 Å². The van der Waals surface area contributed by atoms with Gasteiger partial charge in [-0.25, -0.2) is 8.78 Å². The van der Waals surface area contributed by atoms with Gasteiger partial charge in [-0.3, -0.25) is 4.90 Å². The van der Waals surface area contributed by atoms with Gasteiger partial charge in [-0.05, 0) is 32.9 Å². The molecular weight excluding hydrogens is 174 g/mol. The van der Waals surface area contributed by atoms with Gasteiger partial charge in [0.2, 0.25) is 0 Å². The summed E-state index contributed by atoms with van der Waals surface area (Å²) in [6.45, 7) is 1.83. The Morgan fingerprint density at radius 3 is 2.85 bits per heavy atom. The molecule has 2 rings (SSSR count). The van der Waals surface area contributed by atoms with E-state index in [1.54, 1.807) is 7.05 Å². The zero-order valence-corrected chi connectivity index (χ0v) is 7.89. The molecule has 1 N–H and O–H groups in total. The van der Waals surface area contributed by atoms with Gasteiger partial charge < -0.3 is 5.32 Å². The van der Waals surface area contributed by atoms with Crippen LogP contribution < -0.4 is 5.32 Å². The summed E-state index contributed by atoms with van der Waals surface area (Å²) in [6, 6.07) is 0.0671. The van der Waals surface area contributed by atoms with Crippen LogP contribution >= 0.6 is 0 Å². The minimum Gasteiger partial charge on any atom is -0.308 e. The monoisotopic (exact) mass is 190 g/mol. The first-order valence-electron chi connectivity index (χ1n) is 4.92. The van der Waals surface area contributed by atoms with Crippen LogP contribution in [0.15, 0.2) is 0 Å². The highest BCUT2D eigenvalue weighted by molar-refractivity contribution is 5.08. The van der Waals surface area contributed by atoms with E-state index in [9.17, 15) is 8.78 Å². The standard InChI is InChI=1S/C9H16F2N2/c1-12-9(8(10)11)4-6-13-5-2-3-7(9)13/h7-8,12H,2-6H2,1H3. The highest BCUT2D eigenvalue weighted by Crippen LogP contribution is 2.39. The van der Waals surface area contributed by atoms with Crippen LogP contribution in [0, 0.1) is 0 Å². The number of likely N-dealkylation sites (N-methyl/N-ethyl adjacent to an activating group) is 1. The number of halogens is 2. The summed E-state index contributed by atoms with van der Waals surface area (Å²) in [5.41, 5.74) is -0.920. The highest BCUT2D eigenvalue weighted by atomic mass is 19.3. The quantitative estimate of drug-likeness (QED) is 0.701. The first-order chi connectivity index (χ1) is 6.20. The predicted octanol–water partition coefficient (Wildman–Crippen LogP) is 1.08. The Kier molecular flexibility index (Phi) is 2.28. The predicted molar refractivity (Wildman–Crippen MR) is 47.0 cm³/mol. The van der Waals surface area contributed by atoms with Gasteiger partial charge in [0.25, 0.3) is 6.43 Å². The lowest BCUT2D eigenvalue weighted by Crippen LogP contribution is -2.56. The Morgan fingerprint density at radius 2 is 2.23 bits per heavy atom. The number of fused-ring (bicyclic) bond motifs is 1. The lowest BCUT2D eigenvalue weighted by molar-refractivity contribution is 0.0177. The zero-order chi connectivity index (χ0) is 9.47. The third-order valence-electron chi connectivity index (χ3n) is 3.63. The largest absolute Gasteiger partial charge is 0.308 e. The maximum absolute atomic E-state index is 12.9. The van der Waals surface area contributed by atoms with Gasteiger partial charge in [-0.15, -0.1) is 0 Å². The van der Waals surface area contributed by atoms with E-state index in [1.807, 2.05) is 0 Å². The number of hydrogen-bond donors (Lipinski definition) is 1. The lowest BCUT2D eigenvalue weighted by Gasteiger charge is -2.34. The third kappa shape index (κ3) is 1.19. The molecule has 2 atom stereocenters. The van der Waals surface area contributed by atoms with Crippen molar-refractivity contribution in [2.24, 2.45) is 0 Å². The van der Waals surface area contributed by atoms with E-state index >= 15 is 0 Å². The average molecular weight is 190 g/mol. The molecule has 4 heteroatoms. The van der Waals surface area contributed by atoms with E-state index in [0.717, 1.165) is 25.9 Å². The zero-order valence-electron chi connectivity index (χ0n) is 7.89. The van der Waals surface area contributed by atoms with Crippen molar-refractivity contribution in [2.45, 2.75) is 37.3 Å². The molecule has 76 valence electrons. The van der Waals surface area contributed by atoms with Crippen molar-refractivity contribution in [3.63, 3.8) is 0 Å². The fraction of sp³-hybridized carbons (Fsp3) is 1.00. The Bertz CT molecular complexity index is 198. The topological polar surface area (TPSA) is 15.3 Å². The fourth-order valence-electron chi connectivity index (χ4n) is 2.83. The second-order valence-corrected chi connectivity index (χ2v) is 4.04. The van der Waals surface area contributed by atoms with Gasteiger partial charge >= 0.3 is 0 Å². The molecular formula is C9H16F2N2. The first kappa shape index (κ1) is 9.34. The van der Waals surface area contributed by atoms with Crippen molar-refractivity contribution in [3.8, 4) is 0 Å². The molecule has 13 heavy (non-hydrogen) atoms. The molecule has 2 aliphatic heterocycles. The van der Waals surface area contributed by atoms with E-state index in [-0.39, 0.29) is 6.04 Å². The number of rotatable bonds is 2. The van der Waals surface area contributed by atoms with Crippen molar-refractivity contribution in [2.75, 3.05) is 20.1 Å². The Balaban J connectivity index is 2.20. The van der Waals surface area contributed by atoms with Crippen LogP contribution in [-0.2, 0) is 0 Å². The Hall–Kier alpha value is -0.220. The Morgan fingerprint density at radius 1 is 1.46 bits per heavy atom. The molecule has 0 saturated carbocycles. The lowest BCUT2D eigenvalue weighted by atomic mass is 9.89. The van der Waals surface area contributed by atoms with Crippen LogP contribution in [0.3, 0.4) is 0 Å². The summed E-state index contributed by atoms with van der Waals surface area (Å²) in [7, 11) is 1.66. The van der Waals surface area contributed by atoms with E-state index in [1.165, 1.54) is 0 Å². The summed E-state index contributed by atoms with van der Waals surface area (Å²) in [5, 5.41) is 2.86. The number of nitrogens with zero attached hydrogens (tertiary/aromatic N) is 1. The second-order valence-electron chi connectivity index (χ2n) is 4.04. The summed E-state index contributed by atoms with van der Waals surface area (Å²) < 4.78 is 25.9. The first-order valence-corrected chi connectivity index (χ1v) is 4.92. The molecule has 0 aromatic carbocycles. The van der Waals surface area contributed by atoms with Crippen LogP contribution in [-0.4, -0.2) is 43.0 Å². The molecule has 0 bridgehead atoms. The van der Waals surface area contributed by atoms with Gasteiger partial charge in [0.15, 0.2) is 0 Å². The van der Waals surface area contributed by atoms with Crippen molar-refractivity contribution in [3.05, 3.63) is 0 Å². The second kappa shape index (κ2) is 3.17. The average Bonchev–Trinajstić information content (AvgIpc) is 2.62. The summed E-state index contributed by atoms with van der Waals surface area (Å²) in [4.78, 5) is 2.20. The summed E-state index contributed by atoms with van der Waals surface area (Å²) in [5.74, 6) is 0. The molecule has 2 nitrogen and oxygen atoms in total. The van der Waals surface area contributed by atoms with E-state index < -0.39 is 12.0 Å². The third-order valence-corrected chi connectivity index (χ3v) is 3.63. The van der Waals surface area contributed by atoms with Crippen LogP contribution in [0.2, 0.25) is 0 Å². The summed E-state index contributed by atoms with van der Waals surface area (Å²) >= 11 is 0. The van der Waals surface area contributed by atoms with Gasteiger partial charge in [0.05, 0.1) is 5.54 Å². The van der Waals surface area contributed by atoms with Gasteiger partial charge in [0.1, 0.15) is 0 Å².